The fourth-order valence-corrected chi connectivity index (χ4v) is 3.16. The van der Waals surface area contributed by atoms with Crippen molar-refractivity contribution in [1.82, 2.24) is 19.9 Å². The minimum Gasteiger partial charge on any atom is -0.477 e. The average molecular weight is 357 g/mol. The van der Waals surface area contributed by atoms with Gasteiger partial charge < -0.3 is 19.6 Å². The molecule has 138 valence electrons. The van der Waals surface area contributed by atoms with Crippen LogP contribution in [0.3, 0.4) is 0 Å². The number of nitrogens with zero attached hydrogens (tertiary/aromatic N) is 5. The summed E-state index contributed by atoms with van der Waals surface area (Å²) in [6.07, 6.45) is 7.05. The lowest BCUT2D eigenvalue weighted by molar-refractivity contribution is 0.0262. The topological polar surface area (TPSA) is 91.7 Å². The first-order valence-electron chi connectivity index (χ1n) is 8.59. The highest BCUT2D eigenvalue weighted by atomic mass is 16.5. The SMILES string of the molecule is CCOc1ncccc1C(=O)N(C)C[C@]1(O)CCN(c2cnccn2)C1. The van der Waals surface area contributed by atoms with Crippen molar-refractivity contribution in [2.45, 2.75) is 18.9 Å². The summed E-state index contributed by atoms with van der Waals surface area (Å²) in [5, 5.41) is 10.9. The second-order valence-corrected chi connectivity index (χ2v) is 6.41. The molecule has 8 nitrogen and oxygen atoms in total. The lowest BCUT2D eigenvalue weighted by Gasteiger charge is -2.29. The Morgan fingerprint density at radius 3 is 2.96 bits per heavy atom. The molecule has 2 aromatic rings. The molecule has 1 aliphatic rings. The minimum absolute atomic E-state index is 0.211. The number of pyridine rings is 1. The van der Waals surface area contributed by atoms with Gasteiger partial charge in [0.05, 0.1) is 19.3 Å². The van der Waals surface area contributed by atoms with Crippen molar-refractivity contribution in [2.24, 2.45) is 0 Å². The first kappa shape index (κ1) is 18.1. The maximum Gasteiger partial charge on any atom is 0.259 e. The van der Waals surface area contributed by atoms with E-state index in [1.54, 1.807) is 44.0 Å². The molecule has 0 aromatic carbocycles. The van der Waals surface area contributed by atoms with Crippen LogP contribution in [0.5, 0.6) is 5.88 Å². The molecule has 0 aliphatic carbocycles. The molecule has 8 heteroatoms. The van der Waals surface area contributed by atoms with Crippen LogP contribution >= 0.6 is 0 Å². The lowest BCUT2D eigenvalue weighted by Crippen LogP contribution is -2.46. The van der Waals surface area contributed by atoms with E-state index in [4.69, 9.17) is 4.74 Å². The Kier molecular flexibility index (Phi) is 5.32. The van der Waals surface area contributed by atoms with E-state index in [1.807, 2.05) is 11.8 Å². The highest BCUT2D eigenvalue weighted by Crippen LogP contribution is 2.26. The zero-order valence-corrected chi connectivity index (χ0v) is 15.0. The molecule has 1 N–H and O–H groups in total. The van der Waals surface area contributed by atoms with Crippen molar-refractivity contribution in [3.8, 4) is 5.88 Å². The second kappa shape index (κ2) is 7.65. The molecule has 3 heterocycles. The van der Waals surface area contributed by atoms with E-state index in [9.17, 15) is 9.90 Å². The molecular weight excluding hydrogens is 334 g/mol. The Balaban J connectivity index is 1.68. The third kappa shape index (κ3) is 3.91. The van der Waals surface area contributed by atoms with Gasteiger partial charge in [-0.15, -0.1) is 0 Å². The number of β-amino-alcohol motifs (C(OH)–C–C–N with tert-alkyl or cyclic N) is 1. The largest absolute Gasteiger partial charge is 0.477 e. The van der Waals surface area contributed by atoms with Gasteiger partial charge in [-0.2, -0.15) is 0 Å². The van der Waals surface area contributed by atoms with Crippen LogP contribution in [-0.2, 0) is 0 Å². The molecule has 0 radical (unpaired) electrons. The summed E-state index contributed by atoms with van der Waals surface area (Å²) >= 11 is 0. The van der Waals surface area contributed by atoms with Gasteiger partial charge in [-0.05, 0) is 25.5 Å². The van der Waals surface area contributed by atoms with Crippen LogP contribution in [0.15, 0.2) is 36.9 Å². The maximum atomic E-state index is 12.8. The van der Waals surface area contributed by atoms with Gasteiger partial charge in [-0.25, -0.2) is 9.97 Å². The molecule has 1 saturated heterocycles. The molecule has 0 saturated carbocycles. The van der Waals surface area contributed by atoms with Gasteiger partial charge in [-0.3, -0.25) is 9.78 Å². The van der Waals surface area contributed by atoms with Gasteiger partial charge in [-0.1, -0.05) is 0 Å². The third-order valence-electron chi connectivity index (χ3n) is 4.37. The summed E-state index contributed by atoms with van der Waals surface area (Å²) < 4.78 is 5.43. The van der Waals surface area contributed by atoms with E-state index in [-0.39, 0.29) is 12.5 Å². The summed E-state index contributed by atoms with van der Waals surface area (Å²) in [7, 11) is 1.67. The highest BCUT2D eigenvalue weighted by molar-refractivity contribution is 5.96. The average Bonchev–Trinajstić information content (AvgIpc) is 3.04. The number of anilines is 1. The van der Waals surface area contributed by atoms with Crippen molar-refractivity contribution >= 4 is 11.7 Å². The molecule has 0 unspecified atom stereocenters. The summed E-state index contributed by atoms with van der Waals surface area (Å²) in [6.45, 7) is 3.54. The van der Waals surface area contributed by atoms with E-state index < -0.39 is 5.60 Å². The number of likely N-dealkylation sites (N-methyl/N-ethyl adjacent to an activating group) is 1. The van der Waals surface area contributed by atoms with Crippen LogP contribution < -0.4 is 9.64 Å². The van der Waals surface area contributed by atoms with Crippen LogP contribution in [-0.4, -0.2) is 69.8 Å². The molecule has 1 aliphatic heterocycles. The summed E-state index contributed by atoms with van der Waals surface area (Å²) in [4.78, 5) is 28.7. The van der Waals surface area contributed by atoms with Crippen molar-refractivity contribution in [3.63, 3.8) is 0 Å². The zero-order valence-electron chi connectivity index (χ0n) is 15.0. The standard InChI is InChI=1S/C18H23N5O3/c1-3-26-16-14(5-4-7-21-16)17(24)22(2)12-18(25)6-10-23(13-18)15-11-19-8-9-20-15/h4-5,7-9,11,25H,3,6,10,12-13H2,1-2H3/t18-/m1/s1. The molecule has 3 rings (SSSR count). The van der Waals surface area contributed by atoms with Crippen LogP contribution in [0, 0.1) is 0 Å². The first-order chi connectivity index (χ1) is 12.5. The number of hydrogen-bond acceptors (Lipinski definition) is 7. The monoisotopic (exact) mass is 357 g/mol. The lowest BCUT2D eigenvalue weighted by atomic mass is 10.0. The molecular formula is C18H23N5O3. The van der Waals surface area contributed by atoms with Crippen molar-refractivity contribution in [3.05, 3.63) is 42.5 Å². The number of amides is 1. The van der Waals surface area contributed by atoms with Crippen LogP contribution in [0.2, 0.25) is 0 Å². The highest BCUT2D eigenvalue weighted by Gasteiger charge is 2.39. The number of aromatic nitrogens is 3. The maximum absolute atomic E-state index is 12.8. The Hall–Kier alpha value is -2.74. The number of carbonyl (C=O) groups is 1. The van der Waals surface area contributed by atoms with Gasteiger partial charge in [0.15, 0.2) is 0 Å². The Morgan fingerprint density at radius 2 is 2.23 bits per heavy atom. The minimum atomic E-state index is -1.00. The van der Waals surface area contributed by atoms with Gasteiger partial charge in [0.2, 0.25) is 5.88 Å². The molecule has 1 amide bonds. The van der Waals surface area contributed by atoms with Crippen molar-refractivity contribution < 1.29 is 14.6 Å². The molecule has 1 atom stereocenters. The number of hydrogen-bond donors (Lipinski definition) is 1. The molecule has 0 bridgehead atoms. The summed E-state index contributed by atoms with van der Waals surface area (Å²) in [5.41, 5.74) is -0.611. The van der Waals surface area contributed by atoms with Crippen molar-refractivity contribution in [2.75, 3.05) is 38.2 Å². The van der Waals surface area contributed by atoms with Crippen LogP contribution in [0.25, 0.3) is 0 Å². The molecule has 0 spiro atoms. The van der Waals surface area contributed by atoms with Gasteiger partial charge in [0.1, 0.15) is 17.0 Å². The van der Waals surface area contributed by atoms with E-state index in [0.717, 1.165) is 5.82 Å². The fourth-order valence-electron chi connectivity index (χ4n) is 3.16. The Bertz CT molecular complexity index is 758. The Labute approximate surface area is 152 Å². The predicted molar refractivity (Wildman–Crippen MR) is 96.2 cm³/mol. The Morgan fingerprint density at radius 1 is 1.38 bits per heavy atom. The molecule has 2 aromatic heterocycles. The van der Waals surface area contributed by atoms with Gasteiger partial charge >= 0.3 is 0 Å². The smallest absolute Gasteiger partial charge is 0.259 e. The first-order valence-corrected chi connectivity index (χ1v) is 8.59. The van der Waals surface area contributed by atoms with Gasteiger partial charge in [0.25, 0.3) is 5.91 Å². The van der Waals surface area contributed by atoms with E-state index in [1.165, 1.54) is 4.90 Å². The van der Waals surface area contributed by atoms with E-state index >= 15 is 0 Å². The van der Waals surface area contributed by atoms with Crippen LogP contribution in [0.4, 0.5) is 5.82 Å². The number of carbonyl (C=O) groups excluding carboxylic acids is 1. The summed E-state index contributed by atoms with van der Waals surface area (Å²) in [5.74, 6) is 0.808. The number of ether oxygens (including phenoxy) is 1. The number of aliphatic hydroxyl groups is 1. The van der Waals surface area contributed by atoms with Gasteiger partial charge in [0, 0.05) is 38.7 Å². The second-order valence-electron chi connectivity index (χ2n) is 6.41. The third-order valence-corrected chi connectivity index (χ3v) is 4.37. The quantitative estimate of drug-likeness (QED) is 0.824. The normalized spacial score (nSPS) is 19.4. The molecule has 1 fully saturated rings. The van der Waals surface area contributed by atoms with E-state index in [0.29, 0.717) is 37.6 Å². The predicted octanol–water partition coefficient (Wildman–Crippen LogP) is 0.984. The fraction of sp³-hybridized carbons (Fsp3) is 0.444. The van der Waals surface area contributed by atoms with Crippen LogP contribution in [0.1, 0.15) is 23.7 Å². The van der Waals surface area contributed by atoms with E-state index in [2.05, 4.69) is 15.0 Å². The molecule has 26 heavy (non-hydrogen) atoms. The zero-order chi connectivity index (χ0) is 18.6. The summed E-state index contributed by atoms with van der Waals surface area (Å²) in [6, 6.07) is 3.38. The number of rotatable bonds is 6. The van der Waals surface area contributed by atoms with Crippen molar-refractivity contribution in [1.29, 1.82) is 0 Å².